The number of nitrogens with zero attached hydrogens (tertiary/aromatic N) is 3. The Kier molecular flexibility index (Phi) is 9.40. The molecule has 2 rings (SSSR count). The Balaban J connectivity index is 0.00000338. The van der Waals surface area contributed by atoms with Gasteiger partial charge in [-0.25, -0.2) is 0 Å². The van der Waals surface area contributed by atoms with Gasteiger partial charge < -0.3 is 15.3 Å². The molecule has 2 heterocycles. The number of hydrogen-bond acceptors (Lipinski definition) is 4. The highest BCUT2D eigenvalue weighted by Gasteiger charge is 2.41. The van der Waals surface area contributed by atoms with Crippen LogP contribution in [0.5, 0.6) is 0 Å². The first-order valence-corrected chi connectivity index (χ1v) is 9.11. The number of aliphatic hydroxyl groups excluding tert-OH is 1. The number of hydrogen-bond donors (Lipinski definition) is 2. The van der Waals surface area contributed by atoms with Crippen LogP contribution in [0.25, 0.3) is 0 Å². The lowest BCUT2D eigenvalue weighted by atomic mass is 10.2. The lowest BCUT2D eigenvalue weighted by Gasteiger charge is -2.39. The van der Waals surface area contributed by atoms with Crippen molar-refractivity contribution >= 4 is 52.9 Å². The Morgan fingerprint density at radius 3 is 2.42 bits per heavy atom. The third kappa shape index (κ3) is 6.39. The summed E-state index contributed by atoms with van der Waals surface area (Å²) >= 11 is 7.16. The molecule has 26 heavy (non-hydrogen) atoms. The number of nitrogens with one attached hydrogen (secondary N) is 1. The smallest absolute Gasteiger partial charge is 0.386 e. The van der Waals surface area contributed by atoms with Crippen LogP contribution < -0.4 is 5.32 Å². The van der Waals surface area contributed by atoms with Gasteiger partial charge in [0.15, 0.2) is 5.96 Å². The van der Waals surface area contributed by atoms with Gasteiger partial charge in [-0.1, -0.05) is 11.6 Å². The summed E-state index contributed by atoms with van der Waals surface area (Å²) in [5.74, 6) is 0.570. The number of piperazine rings is 1. The minimum atomic E-state index is -4.21. The standard InChI is InChI=1S/C15H22ClF3N4OS.HI/c1-10(15(17,18)19)22-5-7-23(8-6-22)14(20-2)21-9-11(24)12-3-4-13(16)25-12;/h3-4,10-11,24H,5-9H2,1-2H3,(H,20,21);1H. The van der Waals surface area contributed by atoms with Crippen LogP contribution >= 0.6 is 46.9 Å². The second-order valence-corrected chi connectivity index (χ2v) is 7.57. The van der Waals surface area contributed by atoms with Crippen LogP contribution in [0.4, 0.5) is 13.2 Å². The highest BCUT2D eigenvalue weighted by atomic mass is 127. The summed E-state index contributed by atoms with van der Waals surface area (Å²) in [5.41, 5.74) is 0. The Hall–Kier alpha value is -0.300. The predicted octanol–water partition coefficient (Wildman–Crippen LogP) is 3.20. The fraction of sp³-hybridized carbons (Fsp3) is 0.667. The third-order valence-corrected chi connectivity index (χ3v) is 5.56. The molecule has 0 bridgehead atoms. The van der Waals surface area contributed by atoms with Crippen molar-refractivity contribution in [1.29, 1.82) is 0 Å². The van der Waals surface area contributed by atoms with Gasteiger partial charge in [0.2, 0.25) is 0 Å². The summed E-state index contributed by atoms with van der Waals surface area (Å²) in [6.45, 7) is 2.95. The van der Waals surface area contributed by atoms with E-state index in [1.165, 1.54) is 23.2 Å². The van der Waals surface area contributed by atoms with E-state index >= 15 is 0 Å². The first-order chi connectivity index (χ1) is 11.7. The van der Waals surface area contributed by atoms with Gasteiger partial charge in [-0.3, -0.25) is 9.89 Å². The molecule has 0 aliphatic carbocycles. The second kappa shape index (κ2) is 10.3. The molecule has 1 fully saturated rings. The molecule has 0 saturated carbocycles. The van der Waals surface area contributed by atoms with Crippen molar-refractivity contribution in [1.82, 2.24) is 15.1 Å². The van der Waals surface area contributed by atoms with E-state index in [2.05, 4.69) is 10.3 Å². The number of aliphatic imine (C=N–C) groups is 1. The molecule has 1 aliphatic rings. The molecular formula is C15H23ClF3IN4OS. The summed E-state index contributed by atoms with van der Waals surface area (Å²) in [6.07, 6.45) is -4.94. The summed E-state index contributed by atoms with van der Waals surface area (Å²) in [6, 6.07) is 2.04. The maximum atomic E-state index is 12.8. The molecule has 1 aromatic rings. The number of guanidine groups is 1. The lowest BCUT2D eigenvalue weighted by molar-refractivity contribution is -0.181. The molecule has 0 amide bonds. The van der Waals surface area contributed by atoms with Gasteiger partial charge in [-0.15, -0.1) is 35.3 Å². The molecule has 2 N–H and O–H groups in total. The average Bonchev–Trinajstić information content (AvgIpc) is 3.01. The van der Waals surface area contributed by atoms with Gasteiger partial charge in [0.25, 0.3) is 0 Å². The monoisotopic (exact) mass is 526 g/mol. The van der Waals surface area contributed by atoms with Gasteiger partial charge >= 0.3 is 6.18 Å². The second-order valence-electron chi connectivity index (χ2n) is 5.83. The van der Waals surface area contributed by atoms with Crippen LogP contribution in [0, 0.1) is 0 Å². The van der Waals surface area contributed by atoms with Crippen molar-refractivity contribution in [2.45, 2.75) is 25.2 Å². The molecule has 0 aromatic carbocycles. The van der Waals surface area contributed by atoms with E-state index in [0.717, 1.165) is 4.88 Å². The fourth-order valence-electron chi connectivity index (χ4n) is 2.66. The van der Waals surface area contributed by atoms with E-state index in [-0.39, 0.29) is 30.5 Å². The Bertz CT molecular complexity index is 594. The molecule has 1 saturated heterocycles. The summed E-state index contributed by atoms with van der Waals surface area (Å²) < 4.78 is 39.0. The van der Waals surface area contributed by atoms with E-state index in [9.17, 15) is 18.3 Å². The van der Waals surface area contributed by atoms with Gasteiger partial charge in [0.1, 0.15) is 12.1 Å². The Morgan fingerprint density at radius 1 is 1.35 bits per heavy atom. The van der Waals surface area contributed by atoms with Gasteiger partial charge in [0.05, 0.1) is 4.34 Å². The minimum Gasteiger partial charge on any atom is -0.386 e. The third-order valence-electron chi connectivity index (χ3n) is 4.22. The predicted molar refractivity (Wildman–Crippen MR) is 110 cm³/mol. The van der Waals surface area contributed by atoms with Gasteiger partial charge in [0, 0.05) is 44.6 Å². The largest absolute Gasteiger partial charge is 0.403 e. The SMILES string of the molecule is CN=C(NCC(O)c1ccc(Cl)s1)N1CCN(C(C)C(F)(F)F)CC1.I. The van der Waals surface area contributed by atoms with E-state index < -0.39 is 18.3 Å². The van der Waals surface area contributed by atoms with E-state index in [1.807, 2.05) is 4.90 Å². The maximum Gasteiger partial charge on any atom is 0.403 e. The summed E-state index contributed by atoms with van der Waals surface area (Å²) in [5, 5.41) is 13.2. The first-order valence-electron chi connectivity index (χ1n) is 7.92. The fourth-order valence-corrected chi connectivity index (χ4v) is 3.70. The van der Waals surface area contributed by atoms with Crippen LogP contribution in [0.2, 0.25) is 4.34 Å². The van der Waals surface area contributed by atoms with Crippen molar-refractivity contribution < 1.29 is 18.3 Å². The number of rotatable bonds is 4. The summed E-state index contributed by atoms with van der Waals surface area (Å²) in [4.78, 5) is 8.22. The number of aliphatic hydroxyl groups is 1. The molecule has 2 atom stereocenters. The molecule has 11 heteroatoms. The molecule has 150 valence electrons. The minimum absolute atomic E-state index is 0. The Labute approximate surface area is 177 Å². The normalized spacial score (nSPS) is 19.0. The number of alkyl halides is 3. The van der Waals surface area contributed by atoms with Crippen LogP contribution in [0.3, 0.4) is 0 Å². The number of halogens is 5. The van der Waals surface area contributed by atoms with Crippen LogP contribution in [0.15, 0.2) is 17.1 Å². The molecule has 0 radical (unpaired) electrons. The Morgan fingerprint density at radius 2 is 1.96 bits per heavy atom. The van der Waals surface area contributed by atoms with E-state index in [4.69, 9.17) is 11.6 Å². The number of thiophene rings is 1. The van der Waals surface area contributed by atoms with Crippen molar-refractivity contribution in [2.24, 2.45) is 4.99 Å². The first kappa shape index (κ1) is 23.7. The topological polar surface area (TPSA) is 51.1 Å². The van der Waals surface area contributed by atoms with E-state index in [1.54, 1.807) is 19.2 Å². The zero-order valence-electron chi connectivity index (χ0n) is 14.5. The maximum absolute atomic E-state index is 12.8. The van der Waals surface area contributed by atoms with Crippen LogP contribution in [-0.4, -0.2) is 72.9 Å². The van der Waals surface area contributed by atoms with Crippen LogP contribution in [0.1, 0.15) is 17.9 Å². The van der Waals surface area contributed by atoms with Gasteiger partial charge in [-0.2, -0.15) is 13.2 Å². The zero-order chi connectivity index (χ0) is 18.6. The van der Waals surface area contributed by atoms with Crippen LogP contribution in [-0.2, 0) is 0 Å². The molecule has 5 nitrogen and oxygen atoms in total. The molecular weight excluding hydrogens is 504 g/mol. The highest BCUT2D eigenvalue weighted by Crippen LogP contribution is 2.27. The van der Waals surface area contributed by atoms with Crippen molar-refractivity contribution in [3.8, 4) is 0 Å². The molecule has 1 aliphatic heterocycles. The average molecular weight is 527 g/mol. The van der Waals surface area contributed by atoms with Gasteiger partial charge in [-0.05, 0) is 19.1 Å². The van der Waals surface area contributed by atoms with Crippen molar-refractivity contribution in [3.05, 3.63) is 21.3 Å². The molecule has 0 spiro atoms. The lowest BCUT2D eigenvalue weighted by Crippen LogP contribution is -2.57. The quantitative estimate of drug-likeness (QED) is 0.360. The molecule has 1 aromatic heterocycles. The van der Waals surface area contributed by atoms with Crippen molar-refractivity contribution in [3.63, 3.8) is 0 Å². The summed E-state index contributed by atoms with van der Waals surface area (Å²) in [7, 11) is 1.61. The highest BCUT2D eigenvalue weighted by molar-refractivity contribution is 14.0. The van der Waals surface area contributed by atoms with Crippen molar-refractivity contribution in [2.75, 3.05) is 39.8 Å². The molecule has 2 unspecified atom stereocenters. The van der Waals surface area contributed by atoms with E-state index in [0.29, 0.717) is 36.5 Å². The zero-order valence-corrected chi connectivity index (χ0v) is 18.4.